The lowest BCUT2D eigenvalue weighted by molar-refractivity contribution is 0.0996. The molecule has 0 aliphatic heterocycles. The van der Waals surface area contributed by atoms with Gasteiger partial charge in [-0.1, -0.05) is 52.0 Å². The third-order valence-corrected chi connectivity index (χ3v) is 3.25. The van der Waals surface area contributed by atoms with Crippen LogP contribution < -0.4 is 0 Å². The molecular formula is C15H28O2. The van der Waals surface area contributed by atoms with Gasteiger partial charge in [0.15, 0.2) is 0 Å². The summed E-state index contributed by atoms with van der Waals surface area (Å²) < 4.78 is 0. The van der Waals surface area contributed by atoms with E-state index in [1.54, 1.807) is 6.92 Å². The van der Waals surface area contributed by atoms with Crippen LogP contribution in [0.15, 0.2) is 24.3 Å². The third kappa shape index (κ3) is 7.35. The molecule has 0 aromatic heterocycles. The van der Waals surface area contributed by atoms with Crippen molar-refractivity contribution in [3.63, 3.8) is 0 Å². The topological polar surface area (TPSA) is 40.5 Å². The zero-order valence-corrected chi connectivity index (χ0v) is 11.9. The second-order valence-electron chi connectivity index (χ2n) is 5.67. The second kappa shape index (κ2) is 7.67. The summed E-state index contributed by atoms with van der Waals surface area (Å²) in [4.78, 5) is 0. The van der Waals surface area contributed by atoms with Crippen molar-refractivity contribution in [3.8, 4) is 0 Å². The van der Waals surface area contributed by atoms with Crippen molar-refractivity contribution in [1.82, 2.24) is 0 Å². The fraction of sp³-hybridized carbons (Fsp3) is 0.733. The predicted octanol–water partition coefficient (Wildman–Crippen LogP) is 3.30. The molecule has 0 amide bonds. The normalized spacial score (nSPS) is 17.2. The lowest BCUT2D eigenvalue weighted by atomic mass is 9.87. The van der Waals surface area contributed by atoms with Crippen LogP contribution in [0.25, 0.3) is 0 Å². The summed E-state index contributed by atoms with van der Waals surface area (Å²) in [6, 6.07) is 0. The number of aliphatic hydroxyl groups excluding tert-OH is 2. The van der Waals surface area contributed by atoms with E-state index in [2.05, 4.69) is 6.08 Å². The van der Waals surface area contributed by atoms with E-state index in [4.69, 9.17) is 0 Å². The molecule has 0 heterocycles. The lowest BCUT2D eigenvalue weighted by Crippen LogP contribution is -2.23. The molecule has 0 radical (unpaired) electrons. The van der Waals surface area contributed by atoms with Crippen LogP contribution >= 0.6 is 0 Å². The van der Waals surface area contributed by atoms with Gasteiger partial charge in [0.25, 0.3) is 0 Å². The van der Waals surface area contributed by atoms with Crippen LogP contribution in [0.5, 0.6) is 0 Å². The number of allylic oxidation sites excluding steroid dienone is 3. The zero-order chi connectivity index (χ0) is 13.5. The maximum absolute atomic E-state index is 9.60. The van der Waals surface area contributed by atoms with Crippen molar-refractivity contribution in [2.45, 2.75) is 59.7 Å². The Hall–Kier alpha value is -0.600. The van der Waals surface area contributed by atoms with E-state index in [-0.39, 0.29) is 17.6 Å². The summed E-state index contributed by atoms with van der Waals surface area (Å²) in [5, 5.41) is 19.1. The van der Waals surface area contributed by atoms with Crippen LogP contribution in [0.4, 0.5) is 0 Å². The first-order chi connectivity index (χ1) is 7.77. The number of aliphatic hydroxyl groups is 2. The van der Waals surface area contributed by atoms with Crippen LogP contribution in [0.1, 0.15) is 47.5 Å². The Morgan fingerprint density at radius 1 is 1.06 bits per heavy atom. The standard InChI is InChI=1S/C15H28O2/c1-12(2)14(17)10-8-6-7-9-11-15(4,5)13(3)16/h6-7,9,11-14,16-17H,8,10H2,1-5H3/b7-6+,11-9+/t13-,14+/m0/s1. The maximum Gasteiger partial charge on any atom is 0.0597 e. The van der Waals surface area contributed by atoms with E-state index in [0.717, 1.165) is 12.8 Å². The predicted molar refractivity (Wildman–Crippen MR) is 73.8 cm³/mol. The van der Waals surface area contributed by atoms with E-state index in [0.29, 0.717) is 5.92 Å². The molecule has 2 N–H and O–H groups in total. The monoisotopic (exact) mass is 240 g/mol. The average molecular weight is 240 g/mol. The highest BCUT2D eigenvalue weighted by Gasteiger charge is 2.19. The van der Waals surface area contributed by atoms with Gasteiger partial charge in [0.1, 0.15) is 0 Å². The molecule has 2 atom stereocenters. The summed E-state index contributed by atoms with van der Waals surface area (Å²) in [5.41, 5.74) is -0.193. The molecule has 0 aromatic carbocycles. The third-order valence-electron chi connectivity index (χ3n) is 3.25. The summed E-state index contributed by atoms with van der Waals surface area (Å²) in [7, 11) is 0. The first-order valence-electron chi connectivity index (χ1n) is 6.48. The fourth-order valence-corrected chi connectivity index (χ4v) is 1.22. The van der Waals surface area contributed by atoms with E-state index in [1.807, 2.05) is 45.9 Å². The van der Waals surface area contributed by atoms with Gasteiger partial charge >= 0.3 is 0 Å². The molecule has 0 bridgehead atoms. The summed E-state index contributed by atoms with van der Waals surface area (Å²) in [6.45, 7) is 9.86. The largest absolute Gasteiger partial charge is 0.393 e. The van der Waals surface area contributed by atoms with Gasteiger partial charge in [-0.2, -0.15) is 0 Å². The Labute approximate surface area is 106 Å². The first-order valence-corrected chi connectivity index (χ1v) is 6.48. The van der Waals surface area contributed by atoms with Gasteiger partial charge in [-0.05, 0) is 25.7 Å². The lowest BCUT2D eigenvalue weighted by Gasteiger charge is -2.23. The fourth-order valence-electron chi connectivity index (χ4n) is 1.22. The molecule has 0 aromatic rings. The van der Waals surface area contributed by atoms with Gasteiger partial charge in [-0.3, -0.25) is 0 Å². The van der Waals surface area contributed by atoms with Crippen LogP contribution in [0.2, 0.25) is 0 Å². The highest BCUT2D eigenvalue weighted by molar-refractivity contribution is 5.08. The SMILES string of the molecule is CC(C)[C@H](O)CC/C=C/C=C/C(C)(C)[C@H](C)O. The highest BCUT2D eigenvalue weighted by atomic mass is 16.3. The van der Waals surface area contributed by atoms with Gasteiger partial charge in [-0.15, -0.1) is 0 Å². The van der Waals surface area contributed by atoms with Gasteiger partial charge in [-0.25, -0.2) is 0 Å². The van der Waals surface area contributed by atoms with Crippen molar-refractivity contribution in [2.75, 3.05) is 0 Å². The van der Waals surface area contributed by atoms with E-state index >= 15 is 0 Å². The molecule has 0 saturated carbocycles. The van der Waals surface area contributed by atoms with Crippen molar-refractivity contribution in [3.05, 3.63) is 24.3 Å². The Balaban J connectivity index is 3.93. The number of hydrogen-bond donors (Lipinski definition) is 2. The quantitative estimate of drug-likeness (QED) is 0.670. The number of rotatable bonds is 7. The average Bonchev–Trinajstić information content (AvgIpc) is 2.22. The van der Waals surface area contributed by atoms with Gasteiger partial charge in [0.05, 0.1) is 12.2 Å². The highest BCUT2D eigenvalue weighted by Crippen LogP contribution is 2.21. The number of hydrogen-bond acceptors (Lipinski definition) is 2. The van der Waals surface area contributed by atoms with Crippen LogP contribution in [-0.2, 0) is 0 Å². The summed E-state index contributed by atoms with van der Waals surface area (Å²) in [6.07, 6.45) is 9.15. The van der Waals surface area contributed by atoms with Crippen LogP contribution in [0, 0.1) is 11.3 Å². The Bertz CT molecular complexity index is 250. The molecule has 0 rings (SSSR count). The molecule has 2 heteroatoms. The maximum atomic E-state index is 9.60. The zero-order valence-electron chi connectivity index (χ0n) is 11.9. The molecular weight excluding hydrogens is 212 g/mol. The van der Waals surface area contributed by atoms with Crippen molar-refractivity contribution >= 4 is 0 Å². The Kier molecular flexibility index (Phi) is 7.40. The van der Waals surface area contributed by atoms with Crippen molar-refractivity contribution in [1.29, 1.82) is 0 Å². The van der Waals surface area contributed by atoms with Gasteiger partial charge in [0, 0.05) is 5.41 Å². The molecule has 100 valence electrons. The minimum absolute atomic E-state index is 0.193. The second-order valence-corrected chi connectivity index (χ2v) is 5.67. The molecule has 17 heavy (non-hydrogen) atoms. The van der Waals surface area contributed by atoms with Gasteiger partial charge in [0.2, 0.25) is 0 Å². The van der Waals surface area contributed by atoms with Crippen LogP contribution in [0.3, 0.4) is 0 Å². The summed E-state index contributed by atoms with van der Waals surface area (Å²) >= 11 is 0. The first kappa shape index (κ1) is 16.4. The van der Waals surface area contributed by atoms with Gasteiger partial charge < -0.3 is 10.2 Å². The van der Waals surface area contributed by atoms with Crippen molar-refractivity contribution in [2.24, 2.45) is 11.3 Å². The molecule has 0 aliphatic carbocycles. The molecule has 0 aliphatic rings. The van der Waals surface area contributed by atoms with E-state index in [1.165, 1.54) is 0 Å². The molecule has 2 nitrogen and oxygen atoms in total. The Morgan fingerprint density at radius 2 is 1.65 bits per heavy atom. The summed E-state index contributed by atoms with van der Waals surface area (Å²) in [5.74, 6) is 0.327. The van der Waals surface area contributed by atoms with Crippen molar-refractivity contribution < 1.29 is 10.2 Å². The molecule has 0 unspecified atom stereocenters. The van der Waals surface area contributed by atoms with E-state index in [9.17, 15) is 10.2 Å². The minimum atomic E-state index is -0.352. The smallest absolute Gasteiger partial charge is 0.0597 e. The van der Waals surface area contributed by atoms with Crippen LogP contribution in [-0.4, -0.2) is 22.4 Å². The molecule has 0 saturated heterocycles. The Morgan fingerprint density at radius 3 is 2.12 bits per heavy atom. The van der Waals surface area contributed by atoms with E-state index < -0.39 is 0 Å². The molecule has 0 spiro atoms. The molecule has 0 fully saturated rings. The minimum Gasteiger partial charge on any atom is -0.393 e.